The van der Waals surface area contributed by atoms with Crippen LogP contribution in [0.15, 0.2) is 97.1 Å². The Morgan fingerprint density at radius 2 is 1.80 bits per heavy atom. The number of phenolic OH excluding ortho intramolecular Hbond substituents is 1. The van der Waals surface area contributed by atoms with Crippen molar-refractivity contribution < 1.29 is 14.7 Å². The van der Waals surface area contributed by atoms with E-state index in [1.165, 1.54) is 6.07 Å². The third kappa shape index (κ3) is 3.55. The molecule has 3 aromatic carbocycles. The lowest BCUT2D eigenvalue weighted by molar-refractivity contribution is -0.138. The Morgan fingerprint density at radius 3 is 2.49 bits per heavy atom. The van der Waals surface area contributed by atoms with E-state index in [4.69, 9.17) is 11.6 Å². The SMILES string of the molecule is C=CC1=CCC2C(=O)N(Nc3ccc(C)cc3)C(=O)C2(c2ccccc2)C1c1cc(Cl)ccc1O. The van der Waals surface area contributed by atoms with Gasteiger partial charge in [0, 0.05) is 16.5 Å². The molecule has 0 aromatic heterocycles. The van der Waals surface area contributed by atoms with Crippen LogP contribution in [0.1, 0.15) is 29.0 Å². The van der Waals surface area contributed by atoms with Crippen LogP contribution >= 0.6 is 11.6 Å². The third-order valence-electron chi connectivity index (χ3n) is 7.08. The first-order chi connectivity index (χ1) is 16.9. The second-order valence-electron chi connectivity index (χ2n) is 9.02. The van der Waals surface area contributed by atoms with E-state index < -0.39 is 17.3 Å². The number of nitrogens with zero attached hydrogens (tertiary/aromatic N) is 1. The molecule has 0 saturated carbocycles. The number of aromatic hydroxyl groups is 1. The zero-order valence-corrected chi connectivity index (χ0v) is 20.0. The van der Waals surface area contributed by atoms with Crippen molar-refractivity contribution in [3.05, 3.63) is 119 Å². The first-order valence-electron chi connectivity index (χ1n) is 11.5. The number of amides is 2. The van der Waals surface area contributed by atoms with E-state index >= 15 is 0 Å². The molecule has 5 rings (SSSR count). The zero-order valence-electron chi connectivity index (χ0n) is 19.2. The number of halogens is 1. The third-order valence-corrected chi connectivity index (χ3v) is 7.32. The van der Waals surface area contributed by atoms with E-state index in [1.807, 2.05) is 67.6 Å². The smallest absolute Gasteiger partial charge is 0.260 e. The molecule has 5 nitrogen and oxygen atoms in total. The highest BCUT2D eigenvalue weighted by Gasteiger charge is 2.66. The van der Waals surface area contributed by atoms with Crippen LogP contribution in [0.25, 0.3) is 0 Å². The standard InChI is InChI=1S/C29H25ClN2O3/c1-3-19-11-15-24-27(34)32(31-22-13-9-18(2)10-14-22)28(35)29(24,20-7-5-4-6-8-20)26(19)23-17-21(30)12-16-25(23)33/h3-14,16-17,24,26,31,33H,1,15H2,2H3. The van der Waals surface area contributed by atoms with Crippen LogP contribution in [0, 0.1) is 12.8 Å². The number of carbonyl (C=O) groups excluding carboxylic acids is 2. The highest BCUT2D eigenvalue weighted by molar-refractivity contribution is 6.30. The molecule has 1 heterocycles. The lowest BCUT2D eigenvalue weighted by atomic mass is 9.56. The summed E-state index contributed by atoms with van der Waals surface area (Å²) in [6.07, 6.45) is 3.99. The predicted octanol–water partition coefficient (Wildman–Crippen LogP) is 5.90. The minimum Gasteiger partial charge on any atom is -0.508 e. The van der Waals surface area contributed by atoms with Crippen LogP contribution in [0.3, 0.4) is 0 Å². The van der Waals surface area contributed by atoms with Gasteiger partial charge in [0.25, 0.3) is 11.8 Å². The molecule has 3 unspecified atom stereocenters. The van der Waals surface area contributed by atoms with Gasteiger partial charge in [0.15, 0.2) is 0 Å². The van der Waals surface area contributed by atoms with Crippen LogP contribution in [0.2, 0.25) is 5.02 Å². The van der Waals surface area contributed by atoms with E-state index in [9.17, 15) is 14.7 Å². The van der Waals surface area contributed by atoms with Gasteiger partial charge in [-0.2, -0.15) is 5.01 Å². The molecular formula is C29H25ClN2O3. The second kappa shape index (κ2) is 8.75. The van der Waals surface area contributed by atoms with Gasteiger partial charge in [-0.15, -0.1) is 0 Å². The van der Waals surface area contributed by atoms with E-state index in [-0.39, 0.29) is 17.6 Å². The van der Waals surface area contributed by atoms with Crippen molar-refractivity contribution in [1.82, 2.24) is 5.01 Å². The Kier molecular flexibility index (Phi) is 5.73. The molecule has 2 amide bonds. The van der Waals surface area contributed by atoms with Crippen LogP contribution in [-0.4, -0.2) is 21.9 Å². The van der Waals surface area contributed by atoms with Crippen molar-refractivity contribution >= 4 is 29.1 Å². The van der Waals surface area contributed by atoms with Gasteiger partial charge in [0.2, 0.25) is 0 Å². The van der Waals surface area contributed by atoms with Crippen molar-refractivity contribution in [2.24, 2.45) is 5.92 Å². The summed E-state index contributed by atoms with van der Waals surface area (Å²) in [5.41, 5.74) is 5.41. The van der Waals surface area contributed by atoms with Crippen molar-refractivity contribution in [1.29, 1.82) is 0 Å². The van der Waals surface area contributed by atoms with Crippen molar-refractivity contribution in [2.45, 2.75) is 24.7 Å². The first-order valence-corrected chi connectivity index (χ1v) is 11.8. The normalized spacial score (nSPS) is 23.6. The van der Waals surface area contributed by atoms with Crippen molar-refractivity contribution in [3.63, 3.8) is 0 Å². The largest absolute Gasteiger partial charge is 0.508 e. The summed E-state index contributed by atoms with van der Waals surface area (Å²) in [7, 11) is 0. The van der Waals surface area contributed by atoms with E-state index in [1.54, 1.807) is 18.2 Å². The van der Waals surface area contributed by atoms with Crippen LogP contribution in [0.4, 0.5) is 5.69 Å². The second-order valence-corrected chi connectivity index (χ2v) is 9.46. The number of nitrogens with one attached hydrogen (secondary N) is 1. The number of benzene rings is 3. The zero-order chi connectivity index (χ0) is 24.7. The van der Waals surface area contributed by atoms with Gasteiger partial charge >= 0.3 is 0 Å². The Balaban J connectivity index is 1.74. The summed E-state index contributed by atoms with van der Waals surface area (Å²) < 4.78 is 0. The molecule has 6 heteroatoms. The van der Waals surface area contributed by atoms with Gasteiger partial charge < -0.3 is 5.11 Å². The number of aryl methyl sites for hydroxylation is 1. The number of hydrogen-bond donors (Lipinski definition) is 2. The molecule has 1 fully saturated rings. The summed E-state index contributed by atoms with van der Waals surface area (Å²) in [6.45, 7) is 5.95. The summed E-state index contributed by atoms with van der Waals surface area (Å²) in [5.74, 6) is -2.03. The number of imide groups is 1. The number of rotatable bonds is 5. The molecule has 3 aromatic rings. The number of anilines is 1. The van der Waals surface area contributed by atoms with Gasteiger partial charge in [0.1, 0.15) is 5.75 Å². The lowest BCUT2D eigenvalue weighted by Gasteiger charge is -2.43. The van der Waals surface area contributed by atoms with Gasteiger partial charge in [-0.25, -0.2) is 0 Å². The predicted molar refractivity (Wildman–Crippen MR) is 137 cm³/mol. The summed E-state index contributed by atoms with van der Waals surface area (Å²) >= 11 is 6.34. The number of fused-ring (bicyclic) bond motifs is 1. The summed E-state index contributed by atoms with van der Waals surface area (Å²) in [5, 5.41) is 12.5. The number of hydrogen-bond acceptors (Lipinski definition) is 4. The monoisotopic (exact) mass is 484 g/mol. The molecular weight excluding hydrogens is 460 g/mol. The number of carbonyl (C=O) groups is 2. The Bertz CT molecular complexity index is 1350. The Hall–Kier alpha value is -3.83. The van der Waals surface area contributed by atoms with Crippen LogP contribution < -0.4 is 5.43 Å². The highest BCUT2D eigenvalue weighted by Crippen LogP contribution is 2.58. The van der Waals surface area contributed by atoms with Gasteiger partial charge in [-0.1, -0.05) is 78.4 Å². The topological polar surface area (TPSA) is 69.6 Å². The quantitative estimate of drug-likeness (QED) is 0.442. The first kappa shape index (κ1) is 22.9. The molecule has 0 spiro atoms. The lowest BCUT2D eigenvalue weighted by Crippen LogP contribution is -2.48. The Morgan fingerprint density at radius 1 is 1.09 bits per heavy atom. The molecule has 1 aliphatic heterocycles. The fourth-order valence-corrected chi connectivity index (χ4v) is 5.66. The maximum absolute atomic E-state index is 14.5. The van der Waals surface area contributed by atoms with Gasteiger partial charge in [-0.3, -0.25) is 15.0 Å². The minimum atomic E-state index is -1.30. The molecule has 3 atom stereocenters. The number of allylic oxidation sites excluding steroid dienone is 3. The molecule has 2 N–H and O–H groups in total. The molecule has 35 heavy (non-hydrogen) atoms. The van der Waals surface area contributed by atoms with E-state index in [0.717, 1.165) is 16.1 Å². The van der Waals surface area contributed by atoms with Crippen LogP contribution in [-0.2, 0) is 15.0 Å². The Labute approximate surface area is 209 Å². The van der Waals surface area contributed by atoms with Crippen molar-refractivity contribution in [2.75, 3.05) is 5.43 Å². The molecule has 1 saturated heterocycles. The minimum absolute atomic E-state index is 0.00768. The average molecular weight is 485 g/mol. The molecule has 0 radical (unpaired) electrons. The molecule has 1 aliphatic carbocycles. The molecule has 176 valence electrons. The maximum atomic E-state index is 14.5. The fraction of sp³-hybridized carbons (Fsp3) is 0.172. The molecule has 0 bridgehead atoms. The maximum Gasteiger partial charge on any atom is 0.260 e. The van der Waals surface area contributed by atoms with E-state index in [0.29, 0.717) is 28.3 Å². The summed E-state index contributed by atoms with van der Waals surface area (Å²) in [6, 6.07) is 21.6. The number of hydrazine groups is 1. The van der Waals surface area contributed by atoms with Crippen molar-refractivity contribution in [3.8, 4) is 5.75 Å². The van der Waals surface area contributed by atoms with E-state index in [2.05, 4.69) is 12.0 Å². The van der Waals surface area contributed by atoms with Gasteiger partial charge in [-0.05, 0) is 54.8 Å². The summed E-state index contributed by atoms with van der Waals surface area (Å²) in [4.78, 5) is 28.3. The fourth-order valence-electron chi connectivity index (χ4n) is 5.48. The number of phenols is 1. The average Bonchev–Trinajstić information content (AvgIpc) is 3.09. The highest BCUT2D eigenvalue weighted by atomic mass is 35.5. The van der Waals surface area contributed by atoms with Crippen LogP contribution in [0.5, 0.6) is 5.75 Å². The molecule has 2 aliphatic rings. The van der Waals surface area contributed by atoms with Gasteiger partial charge in [0.05, 0.1) is 17.0 Å².